The van der Waals surface area contributed by atoms with Crippen molar-refractivity contribution in [2.75, 3.05) is 7.11 Å². The Hall–Kier alpha value is -1.64. The summed E-state index contributed by atoms with van der Waals surface area (Å²) in [4.78, 5) is 11.5. The van der Waals surface area contributed by atoms with Crippen LogP contribution in [0.3, 0.4) is 0 Å². The van der Waals surface area contributed by atoms with Crippen molar-refractivity contribution in [2.45, 2.75) is 13.8 Å². The van der Waals surface area contributed by atoms with Crippen LogP contribution < -0.4 is 4.74 Å². The number of hydrogen-bond donors (Lipinski definition) is 0. The molecule has 0 saturated carbocycles. The first-order valence-electron chi connectivity index (χ1n) is 4.57. The van der Waals surface area contributed by atoms with Gasteiger partial charge in [-0.1, -0.05) is 5.57 Å². The Kier molecular flexibility index (Phi) is 3.61. The molecule has 0 fully saturated rings. The van der Waals surface area contributed by atoms with Gasteiger partial charge < -0.3 is 4.74 Å². The van der Waals surface area contributed by atoms with E-state index in [-0.39, 0.29) is 11.3 Å². The molecule has 0 aliphatic carbocycles. The molecule has 0 bridgehead atoms. The molecule has 0 N–H and O–H groups in total. The van der Waals surface area contributed by atoms with E-state index in [1.54, 1.807) is 19.9 Å². The third kappa shape index (κ3) is 2.91. The molecule has 0 aromatic heterocycles. The molecular formula is C12H13FO2. The maximum atomic E-state index is 13.4. The fraction of sp³-hybridized carbons (Fsp3) is 0.250. The van der Waals surface area contributed by atoms with E-state index in [1.165, 1.54) is 25.3 Å². The van der Waals surface area contributed by atoms with E-state index in [2.05, 4.69) is 0 Å². The lowest BCUT2D eigenvalue weighted by atomic mass is 10.1. The van der Waals surface area contributed by atoms with Gasteiger partial charge in [0.05, 0.1) is 12.7 Å². The highest BCUT2D eigenvalue weighted by molar-refractivity contribution is 6.05. The number of benzene rings is 1. The van der Waals surface area contributed by atoms with Gasteiger partial charge in [0.15, 0.2) is 5.78 Å². The number of rotatable bonds is 3. The highest BCUT2D eigenvalue weighted by Crippen LogP contribution is 2.17. The molecule has 1 rings (SSSR count). The zero-order valence-electron chi connectivity index (χ0n) is 9.00. The van der Waals surface area contributed by atoms with Gasteiger partial charge in [0, 0.05) is 6.07 Å². The molecule has 0 unspecified atom stereocenters. The van der Waals surface area contributed by atoms with Gasteiger partial charge in [-0.05, 0) is 32.1 Å². The minimum atomic E-state index is -0.558. The van der Waals surface area contributed by atoms with Crippen LogP contribution in [0.5, 0.6) is 5.75 Å². The standard InChI is InChI=1S/C12H13FO2/c1-8(2)6-12(14)10-5-4-9(15-3)7-11(10)13/h4-7H,1-3H3. The third-order valence-electron chi connectivity index (χ3n) is 1.86. The summed E-state index contributed by atoms with van der Waals surface area (Å²) >= 11 is 0. The van der Waals surface area contributed by atoms with Gasteiger partial charge in [-0.3, -0.25) is 4.79 Å². The SMILES string of the molecule is COc1ccc(C(=O)C=C(C)C)c(F)c1. The van der Waals surface area contributed by atoms with E-state index in [9.17, 15) is 9.18 Å². The van der Waals surface area contributed by atoms with E-state index in [0.717, 1.165) is 5.57 Å². The van der Waals surface area contributed by atoms with Crippen LogP contribution in [-0.4, -0.2) is 12.9 Å². The molecule has 2 nitrogen and oxygen atoms in total. The minimum Gasteiger partial charge on any atom is -0.497 e. The van der Waals surface area contributed by atoms with Crippen molar-refractivity contribution >= 4 is 5.78 Å². The second-order valence-corrected chi connectivity index (χ2v) is 3.43. The Morgan fingerprint density at radius 3 is 2.53 bits per heavy atom. The van der Waals surface area contributed by atoms with Crippen LogP contribution >= 0.6 is 0 Å². The Bertz CT molecular complexity index is 404. The maximum Gasteiger partial charge on any atom is 0.188 e. The van der Waals surface area contributed by atoms with Crippen molar-refractivity contribution in [1.29, 1.82) is 0 Å². The lowest BCUT2D eigenvalue weighted by Gasteiger charge is -2.02. The zero-order chi connectivity index (χ0) is 11.4. The van der Waals surface area contributed by atoms with Crippen LogP contribution in [0.2, 0.25) is 0 Å². The van der Waals surface area contributed by atoms with Crippen molar-refractivity contribution < 1.29 is 13.9 Å². The van der Waals surface area contributed by atoms with E-state index in [0.29, 0.717) is 5.75 Å². The molecule has 0 heterocycles. The van der Waals surface area contributed by atoms with Crippen LogP contribution in [0, 0.1) is 5.82 Å². The zero-order valence-corrected chi connectivity index (χ0v) is 9.00. The van der Waals surface area contributed by atoms with Gasteiger partial charge >= 0.3 is 0 Å². The molecule has 1 aromatic carbocycles. The predicted octanol–water partition coefficient (Wildman–Crippen LogP) is 2.98. The predicted molar refractivity (Wildman–Crippen MR) is 56.7 cm³/mol. The van der Waals surface area contributed by atoms with Crippen molar-refractivity contribution in [3.63, 3.8) is 0 Å². The summed E-state index contributed by atoms with van der Waals surface area (Å²) in [6.45, 7) is 3.58. The van der Waals surface area contributed by atoms with Crippen LogP contribution in [-0.2, 0) is 0 Å². The fourth-order valence-corrected chi connectivity index (χ4v) is 1.16. The molecule has 0 aliphatic heterocycles. The Balaban J connectivity index is 3.06. The number of halogens is 1. The normalized spacial score (nSPS) is 9.60. The molecule has 0 atom stereocenters. The van der Waals surface area contributed by atoms with Crippen LogP contribution in [0.15, 0.2) is 29.8 Å². The van der Waals surface area contributed by atoms with Crippen molar-refractivity contribution in [3.8, 4) is 5.75 Å². The Morgan fingerprint density at radius 1 is 1.40 bits per heavy atom. The smallest absolute Gasteiger partial charge is 0.188 e. The van der Waals surface area contributed by atoms with Crippen LogP contribution in [0.1, 0.15) is 24.2 Å². The molecule has 0 amide bonds. The van der Waals surface area contributed by atoms with Crippen molar-refractivity contribution in [2.24, 2.45) is 0 Å². The molecule has 0 radical (unpaired) electrons. The number of carbonyl (C=O) groups is 1. The molecule has 3 heteroatoms. The first kappa shape index (κ1) is 11.4. The molecule has 0 spiro atoms. The number of ether oxygens (including phenoxy) is 1. The summed E-state index contributed by atoms with van der Waals surface area (Å²) in [5, 5.41) is 0. The van der Waals surface area contributed by atoms with E-state index in [1.807, 2.05) is 0 Å². The number of methoxy groups -OCH3 is 1. The number of ketones is 1. The first-order valence-corrected chi connectivity index (χ1v) is 4.57. The van der Waals surface area contributed by atoms with Gasteiger partial charge in [0.25, 0.3) is 0 Å². The molecule has 1 aromatic rings. The van der Waals surface area contributed by atoms with E-state index in [4.69, 9.17) is 4.74 Å². The maximum absolute atomic E-state index is 13.4. The summed E-state index contributed by atoms with van der Waals surface area (Å²) < 4.78 is 18.3. The summed E-state index contributed by atoms with van der Waals surface area (Å²) in [6.07, 6.45) is 1.41. The van der Waals surface area contributed by atoms with Gasteiger partial charge in [-0.15, -0.1) is 0 Å². The highest BCUT2D eigenvalue weighted by Gasteiger charge is 2.09. The summed E-state index contributed by atoms with van der Waals surface area (Å²) in [5.41, 5.74) is 0.909. The fourth-order valence-electron chi connectivity index (χ4n) is 1.16. The number of hydrogen-bond acceptors (Lipinski definition) is 2. The molecule has 0 aliphatic rings. The van der Waals surface area contributed by atoms with Crippen molar-refractivity contribution in [1.82, 2.24) is 0 Å². The monoisotopic (exact) mass is 208 g/mol. The van der Waals surface area contributed by atoms with Gasteiger partial charge in [0.2, 0.25) is 0 Å². The van der Waals surface area contributed by atoms with E-state index >= 15 is 0 Å². The minimum absolute atomic E-state index is 0.0667. The summed E-state index contributed by atoms with van der Waals surface area (Å²) in [7, 11) is 1.45. The molecule has 15 heavy (non-hydrogen) atoms. The second kappa shape index (κ2) is 4.73. The van der Waals surface area contributed by atoms with Crippen LogP contribution in [0.4, 0.5) is 4.39 Å². The Morgan fingerprint density at radius 2 is 2.07 bits per heavy atom. The molecular weight excluding hydrogens is 195 g/mol. The number of carbonyl (C=O) groups excluding carboxylic acids is 1. The van der Waals surface area contributed by atoms with Crippen molar-refractivity contribution in [3.05, 3.63) is 41.2 Å². The van der Waals surface area contributed by atoms with Crippen LogP contribution in [0.25, 0.3) is 0 Å². The second-order valence-electron chi connectivity index (χ2n) is 3.43. The average Bonchev–Trinajstić information content (AvgIpc) is 2.16. The summed E-state index contributed by atoms with van der Waals surface area (Å²) in [6, 6.07) is 4.19. The Labute approximate surface area is 88.4 Å². The van der Waals surface area contributed by atoms with Gasteiger partial charge in [-0.2, -0.15) is 0 Å². The largest absolute Gasteiger partial charge is 0.497 e. The van der Waals surface area contributed by atoms with Gasteiger partial charge in [-0.25, -0.2) is 4.39 Å². The summed E-state index contributed by atoms with van der Waals surface area (Å²) in [5.74, 6) is -0.478. The third-order valence-corrected chi connectivity index (χ3v) is 1.86. The number of allylic oxidation sites excluding steroid dienone is 2. The van der Waals surface area contributed by atoms with E-state index < -0.39 is 5.82 Å². The topological polar surface area (TPSA) is 26.3 Å². The average molecular weight is 208 g/mol. The molecule has 0 saturated heterocycles. The van der Waals surface area contributed by atoms with Gasteiger partial charge in [0.1, 0.15) is 11.6 Å². The lowest BCUT2D eigenvalue weighted by Crippen LogP contribution is -1.99. The quantitative estimate of drug-likeness (QED) is 0.563. The highest BCUT2D eigenvalue weighted by atomic mass is 19.1. The first-order chi connectivity index (χ1) is 7.04. The molecule has 80 valence electrons. The lowest BCUT2D eigenvalue weighted by molar-refractivity contribution is 0.104.